The van der Waals surface area contributed by atoms with Crippen molar-refractivity contribution in [3.05, 3.63) is 71.7 Å². The first-order valence-corrected chi connectivity index (χ1v) is 12.7. The highest BCUT2D eigenvalue weighted by atomic mass is 35.5. The minimum absolute atomic E-state index is 0.0412. The van der Waals surface area contributed by atoms with Gasteiger partial charge >= 0.3 is 0 Å². The van der Waals surface area contributed by atoms with Crippen LogP contribution < -0.4 is 4.74 Å². The highest BCUT2D eigenvalue weighted by Crippen LogP contribution is 2.46. The fourth-order valence-electron chi connectivity index (χ4n) is 5.33. The molecule has 39 heavy (non-hydrogen) atoms. The second kappa shape index (κ2) is 9.39. The Morgan fingerprint density at radius 3 is 2.77 bits per heavy atom. The first kappa shape index (κ1) is 24.9. The van der Waals surface area contributed by atoms with Gasteiger partial charge in [0, 0.05) is 37.6 Å². The highest BCUT2D eigenvalue weighted by Gasteiger charge is 2.40. The molecule has 0 spiro atoms. The van der Waals surface area contributed by atoms with Crippen molar-refractivity contribution in [1.29, 1.82) is 0 Å². The lowest BCUT2D eigenvalue weighted by Crippen LogP contribution is -2.57. The van der Waals surface area contributed by atoms with Crippen LogP contribution in [0.5, 0.6) is 11.5 Å². The van der Waals surface area contributed by atoms with Crippen LogP contribution in [-0.2, 0) is 11.8 Å². The maximum Gasteiger partial charge on any atom is 0.260 e. The Bertz CT molecular complexity index is 1670. The smallest absolute Gasteiger partial charge is 0.260 e. The van der Waals surface area contributed by atoms with Gasteiger partial charge in [-0.25, -0.2) is 9.37 Å². The number of para-hydroxylation sites is 1. The number of carbonyl (C=O) groups excluding carboxylic acids is 2. The van der Waals surface area contributed by atoms with Crippen LogP contribution >= 0.6 is 11.6 Å². The van der Waals surface area contributed by atoms with E-state index in [1.165, 1.54) is 24.3 Å². The van der Waals surface area contributed by atoms with E-state index in [-0.39, 0.29) is 70.5 Å². The van der Waals surface area contributed by atoms with Gasteiger partial charge in [-0.15, -0.1) is 0 Å². The van der Waals surface area contributed by atoms with Crippen molar-refractivity contribution < 1.29 is 23.8 Å². The zero-order chi connectivity index (χ0) is 27.4. The molecular formula is C28H23ClFN5O4. The topological polar surface area (TPSA) is 101 Å². The number of carbonyl (C=O) groups is 2. The van der Waals surface area contributed by atoms with Crippen LogP contribution in [-0.4, -0.2) is 73.8 Å². The molecule has 0 bridgehead atoms. The van der Waals surface area contributed by atoms with Gasteiger partial charge in [-0.3, -0.25) is 14.3 Å². The minimum Gasteiger partial charge on any atom is -0.507 e. The Morgan fingerprint density at radius 1 is 1.21 bits per heavy atom. The molecule has 2 aliphatic heterocycles. The second-order valence-corrected chi connectivity index (χ2v) is 9.80. The molecule has 2 aromatic carbocycles. The van der Waals surface area contributed by atoms with Crippen molar-refractivity contribution >= 4 is 34.3 Å². The largest absolute Gasteiger partial charge is 0.507 e. The molecule has 0 saturated carbocycles. The standard InChI is InChI=1S/C28H23ClFN5O4/c1-3-20(37)34-10-11-35-16(13-34)14-39-27-22(28(35)38)24(17-7-4-6-15-12-31-33(2)26(15)17)32-25(23(27)29)21-18(30)8-5-9-19(21)36/h3-9,12,16,36H,1,10-11,13-14H2,2H3/t16-/m1/s1. The number of aromatic hydroxyl groups is 1. The third-order valence-corrected chi connectivity index (χ3v) is 7.55. The van der Waals surface area contributed by atoms with Gasteiger partial charge in [-0.1, -0.05) is 42.4 Å². The molecular weight excluding hydrogens is 525 g/mol. The van der Waals surface area contributed by atoms with Crippen LogP contribution in [0, 0.1) is 5.82 Å². The Balaban J connectivity index is 1.61. The Kier molecular flexibility index (Phi) is 5.99. The normalized spacial score (nSPS) is 16.9. The van der Waals surface area contributed by atoms with Crippen molar-refractivity contribution in [3.8, 4) is 34.0 Å². The summed E-state index contributed by atoms with van der Waals surface area (Å²) in [5.41, 5.74) is 1.35. The zero-order valence-corrected chi connectivity index (χ0v) is 21.7. The number of halogens is 2. The number of benzene rings is 2. The summed E-state index contributed by atoms with van der Waals surface area (Å²) < 4.78 is 22.9. The van der Waals surface area contributed by atoms with E-state index in [1.807, 2.05) is 12.1 Å². The summed E-state index contributed by atoms with van der Waals surface area (Å²) in [7, 11) is 1.77. The molecule has 2 amide bonds. The number of piperazine rings is 1. The SMILES string of the molecule is C=CC(=O)N1CCN2C(=O)c3c(-c4cccc5cnn(C)c45)nc(-c4c(O)cccc4F)c(Cl)c3OC[C@H]2C1. The monoisotopic (exact) mass is 547 g/mol. The third kappa shape index (κ3) is 3.90. The molecule has 9 nitrogen and oxygen atoms in total. The molecule has 0 aliphatic carbocycles. The summed E-state index contributed by atoms with van der Waals surface area (Å²) in [6.07, 6.45) is 2.94. The van der Waals surface area contributed by atoms with Crippen molar-refractivity contribution in [2.24, 2.45) is 7.05 Å². The molecule has 4 aromatic rings. The molecule has 4 heterocycles. The number of aryl methyl sites for hydroxylation is 1. The fraction of sp³-hybridized carbons (Fsp3) is 0.214. The van der Waals surface area contributed by atoms with E-state index in [0.29, 0.717) is 17.6 Å². The average molecular weight is 548 g/mol. The van der Waals surface area contributed by atoms with Crippen LogP contribution in [0.1, 0.15) is 10.4 Å². The molecule has 0 unspecified atom stereocenters. The molecule has 1 N–H and O–H groups in total. The summed E-state index contributed by atoms with van der Waals surface area (Å²) in [4.78, 5) is 34.5. The summed E-state index contributed by atoms with van der Waals surface area (Å²) in [5, 5.41) is 15.6. The highest BCUT2D eigenvalue weighted by molar-refractivity contribution is 6.35. The van der Waals surface area contributed by atoms with Crippen molar-refractivity contribution in [2.75, 3.05) is 26.2 Å². The quantitative estimate of drug-likeness (QED) is 0.389. The van der Waals surface area contributed by atoms with Crippen LogP contribution in [0.4, 0.5) is 4.39 Å². The van der Waals surface area contributed by atoms with E-state index in [4.69, 9.17) is 21.3 Å². The predicted octanol–water partition coefficient (Wildman–Crippen LogP) is 4.03. The van der Waals surface area contributed by atoms with Gasteiger partial charge in [0.1, 0.15) is 34.5 Å². The second-order valence-electron chi connectivity index (χ2n) is 9.42. The molecule has 1 fully saturated rings. The lowest BCUT2D eigenvalue weighted by Gasteiger charge is -2.39. The number of hydrogen-bond acceptors (Lipinski definition) is 6. The lowest BCUT2D eigenvalue weighted by molar-refractivity contribution is -0.128. The van der Waals surface area contributed by atoms with E-state index in [0.717, 1.165) is 5.39 Å². The maximum atomic E-state index is 15.1. The average Bonchev–Trinajstić information content (AvgIpc) is 3.25. The number of rotatable bonds is 3. The Labute approximate surface area is 227 Å². The summed E-state index contributed by atoms with van der Waals surface area (Å²) in [6, 6.07) is 8.93. The van der Waals surface area contributed by atoms with Crippen LogP contribution in [0.15, 0.2) is 55.3 Å². The van der Waals surface area contributed by atoms with Crippen LogP contribution in [0.3, 0.4) is 0 Å². The fourth-order valence-corrected chi connectivity index (χ4v) is 5.61. The van der Waals surface area contributed by atoms with Crippen molar-refractivity contribution in [1.82, 2.24) is 24.6 Å². The molecule has 198 valence electrons. The maximum absolute atomic E-state index is 15.1. The summed E-state index contributed by atoms with van der Waals surface area (Å²) >= 11 is 6.80. The number of aromatic nitrogens is 3. The molecule has 2 aliphatic rings. The number of fused-ring (bicyclic) bond motifs is 3. The zero-order valence-electron chi connectivity index (χ0n) is 20.9. The van der Waals surface area contributed by atoms with E-state index in [2.05, 4.69) is 11.7 Å². The lowest BCUT2D eigenvalue weighted by atomic mass is 9.98. The number of hydrogen-bond donors (Lipinski definition) is 1. The van der Waals surface area contributed by atoms with E-state index in [9.17, 15) is 14.7 Å². The first-order valence-electron chi connectivity index (χ1n) is 12.3. The number of phenols is 1. The van der Waals surface area contributed by atoms with Gasteiger partial charge in [0.2, 0.25) is 5.91 Å². The van der Waals surface area contributed by atoms with Gasteiger partial charge in [0.15, 0.2) is 5.75 Å². The molecule has 1 atom stereocenters. The first-order chi connectivity index (χ1) is 18.8. The molecule has 0 radical (unpaired) electrons. The minimum atomic E-state index is -0.731. The Hall–Kier alpha value is -4.44. The Morgan fingerprint density at radius 2 is 2.00 bits per heavy atom. The predicted molar refractivity (Wildman–Crippen MR) is 143 cm³/mol. The number of amides is 2. The summed E-state index contributed by atoms with van der Waals surface area (Å²) in [6.45, 7) is 4.46. The molecule has 11 heteroatoms. The van der Waals surface area contributed by atoms with Gasteiger partial charge < -0.3 is 19.6 Å². The van der Waals surface area contributed by atoms with E-state index < -0.39 is 11.9 Å². The third-order valence-electron chi connectivity index (χ3n) is 7.20. The number of pyridine rings is 1. The number of ether oxygens (including phenoxy) is 1. The summed E-state index contributed by atoms with van der Waals surface area (Å²) in [5.74, 6) is -1.65. The molecule has 6 rings (SSSR count). The van der Waals surface area contributed by atoms with Gasteiger partial charge in [0.05, 0.1) is 29.0 Å². The number of phenolic OH excluding ortho intramolecular Hbond substituents is 1. The van der Waals surface area contributed by atoms with Gasteiger partial charge in [-0.2, -0.15) is 5.10 Å². The number of nitrogens with zero attached hydrogens (tertiary/aromatic N) is 5. The van der Waals surface area contributed by atoms with Gasteiger partial charge in [-0.05, 0) is 18.2 Å². The van der Waals surface area contributed by atoms with E-state index in [1.54, 1.807) is 33.8 Å². The van der Waals surface area contributed by atoms with Gasteiger partial charge in [0.25, 0.3) is 5.91 Å². The molecule has 2 aromatic heterocycles. The van der Waals surface area contributed by atoms with Crippen molar-refractivity contribution in [3.63, 3.8) is 0 Å². The van der Waals surface area contributed by atoms with Crippen LogP contribution in [0.2, 0.25) is 5.02 Å². The van der Waals surface area contributed by atoms with Crippen LogP contribution in [0.25, 0.3) is 33.4 Å². The van der Waals surface area contributed by atoms with E-state index >= 15 is 4.39 Å². The van der Waals surface area contributed by atoms with Crippen molar-refractivity contribution in [2.45, 2.75) is 6.04 Å². The molecule has 1 saturated heterocycles.